The second-order valence-electron chi connectivity index (χ2n) is 2.93. The summed E-state index contributed by atoms with van der Waals surface area (Å²) in [4.78, 5) is 24.5. The summed E-state index contributed by atoms with van der Waals surface area (Å²) in [6, 6.07) is 4.72. The van der Waals surface area contributed by atoms with Gasteiger partial charge < -0.3 is 14.8 Å². The number of nitrogens with zero attached hydrogens (tertiary/aromatic N) is 1. The largest absolute Gasteiger partial charge is 0.497 e. The molecule has 2 rings (SSSR count). The first kappa shape index (κ1) is 9.32. The predicted molar refractivity (Wildman–Crippen MR) is 52.5 cm³/mol. The van der Waals surface area contributed by atoms with E-state index in [1.165, 1.54) is 13.2 Å². The number of imidazole rings is 1. The number of aromatic amines is 1. The lowest BCUT2D eigenvalue weighted by Crippen LogP contribution is -2.22. The number of rotatable bonds is 1. The molecule has 78 valence electrons. The van der Waals surface area contributed by atoms with Gasteiger partial charge in [-0.25, -0.2) is 9.59 Å². The molecular formula is C9H8N2O4. The molecule has 0 aliphatic rings. The Bertz CT molecular complexity index is 581. The number of benzene rings is 1. The van der Waals surface area contributed by atoms with Crippen molar-refractivity contribution >= 4 is 17.1 Å². The van der Waals surface area contributed by atoms with Crippen LogP contribution < -0.4 is 10.4 Å². The molecule has 0 unspecified atom stereocenters. The number of methoxy groups -OCH3 is 1. The Kier molecular flexibility index (Phi) is 1.96. The summed E-state index contributed by atoms with van der Waals surface area (Å²) in [6.07, 6.45) is -1.32. The van der Waals surface area contributed by atoms with Gasteiger partial charge in [-0.05, 0) is 12.1 Å². The van der Waals surface area contributed by atoms with E-state index in [1.54, 1.807) is 12.1 Å². The minimum absolute atomic E-state index is 0.284. The molecule has 1 heterocycles. The molecule has 0 saturated heterocycles. The molecule has 15 heavy (non-hydrogen) atoms. The SMILES string of the molecule is COc1ccc2[nH]c(=O)n(C(=O)O)c2c1. The first-order chi connectivity index (χ1) is 7.13. The minimum Gasteiger partial charge on any atom is -0.497 e. The molecule has 0 saturated carbocycles. The summed E-state index contributed by atoms with van der Waals surface area (Å²) >= 11 is 0. The van der Waals surface area contributed by atoms with Gasteiger partial charge in [-0.15, -0.1) is 0 Å². The van der Waals surface area contributed by atoms with E-state index in [0.717, 1.165) is 0 Å². The predicted octanol–water partition coefficient (Wildman–Crippen LogP) is 0.864. The van der Waals surface area contributed by atoms with Crippen LogP contribution in [0.15, 0.2) is 23.0 Å². The molecule has 1 aromatic carbocycles. The van der Waals surface area contributed by atoms with Crippen LogP contribution in [0.1, 0.15) is 0 Å². The molecule has 2 aromatic rings. The van der Waals surface area contributed by atoms with Gasteiger partial charge in [0.25, 0.3) is 0 Å². The van der Waals surface area contributed by atoms with Crippen molar-refractivity contribution in [1.29, 1.82) is 0 Å². The molecule has 0 atom stereocenters. The number of H-pyrrole nitrogens is 1. The molecular weight excluding hydrogens is 200 g/mol. The summed E-state index contributed by atoms with van der Waals surface area (Å²) in [7, 11) is 1.47. The van der Waals surface area contributed by atoms with Crippen molar-refractivity contribution in [3.8, 4) is 5.75 Å². The van der Waals surface area contributed by atoms with Crippen molar-refractivity contribution in [1.82, 2.24) is 9.55 Å². The fourth-order valence-electron chi connectivity index (χ4n) is 1.40. The van der Waals surface area contributed by atoms with E-state index in [4.69, 9.17) is 9.84 Å². The highest BCUT2D eigenvalue weighted by atomic mass is 16.5. The van der Waals surface area contributed by atoms with Gasteiger partial charge in [-0.2, -0.15) is 4.57 Å². The Hall–Kier alpha value is -2.24. The molecule has 0 spiro atoms. The van der Waals surface area contributed by atoms with E-state index in [1.807, 2.05) is 0 Å². The average molecular weight is 208 g/mol. The van der Waals surface area contributed by atoms with E-state index in [9.17, 15) is 9.59 Å². The molecule has 0 radical (unpaired) electrons. The standard InChI is InChI=1S/C9H8N2O4/c1-15-5-2-3-6-7(4-5)11(9(13)14)8(12)10-6/h2-4H,1H3,(H,10,12)(H,13,14). The number of hydrogen-bond acceptors (Lipinski definition) is 3. The first-order valence-corrected chi connectivity index (χ1v) is 4.15. The van der Waals surface area contributed by atoms with Gasteiger partial charge in [-0.3, -0.25) is 0 Å². The van der Waals surface area contributed by atoms with Gasteiger partial charge in [0.1, 0.15) is 5.75 Å². The van der Waals surface area contributed by atoms with Crippen LogP contribution in [-0.4, -0.2) is 27.9 Å². The molecule has 0 amide bonds. The highest BCUT2D eigenvalue weighted by molar-refractivity contribution is 5.86. The zero-order chi connectivity index (χ0) is 11.0. The summed E-state index contributed by atoms with van der Waals surface area (Å²) in [6.45, 7) is 0. The highest BCUT2D eigenvalue weighted by Gasteiger charge is 2.12. The average Bonchev–Trinajstić information content (AvgIpc) is 2.52. The molecule has 2 N–H and O–H groups in total. The van der Waals surface area contributed by atoms with Gasteiger partial charge >= 0.3 is 11.8 Å². The lowest BCUT2D eigenvalue weighted by atomic mass is 10.3. The van der Waals surface area contributed by atoms with E-state index < -0.39 is 11.8 Å². The summed E-state index contributed by atoms with van der Waals surface area (Å²) in [5, 5.41) is 8.82. The fourth-order valence-corrected chi connectivity index (χ4v) is 1.40. The van der Waals surface area contributed by atoms with Crippen LogP contribution in [0.25, 0.3) is 11.0 Å². The molecule has 0 bridgehead atoms. The Morgan fingerprint density at radius 3 is 2.87 bits per heavy atom. The van der Waals surface area contributed by atoms with Crippen LogP contribution in [0.5, 0.6) is 5.75 Å². The maximum absolute atomic E-state index is 11.3. The van der Waals surface area contributed by atoms with Crippen molar-refractivity contribution in [2.75, 3.05) is 7.11 Å². The van der Waals surface area contributed by atoms with Gasteiger partial charge in [0.2, 0.25) is 0 Å². The molecule has 0 aliphatic heterocycles. The van der Waals surface area contributed by atoms with Crippen LogP contribution in [0.3, 0.4) is 0 Å². The van der Waals surface area contributed by atoms with Crippen LogP contribution in [0.4, 0.5) is 4.79 Å². The fraction of sp³-hybridized carbons (Fsp3) is 0.111. The molecule has 0 fully saturated rings. The zero-order valence-corrected chi connectivity index (χ0v) is 7.85. The number of nitrogens with one attached hydrogen (secondary N) is 1. The summed E-state index contributed by atoms with van der Waals surface area (Å²) < 4.78 is 5.58. The van der Waals surface area contributed by atoms with Crippen molar-refractivity contribution in [2.45, 2.75) is 0 Å². The quantitative estimate of drug-likeness (QED) is 0.728. The number of carbonyl (C=O) groups is 1. The van der Waals surface area contributed by atoms with Crippen LogP contribution in [0, 0.1) is 0 Å². The lowest BCUT2D eigenvalue weighted by molar-refractivity contribution is 0.196. The Labute approximate surface area is 83.7 Å². The van der Waals surface area contributed by atoms with Crippen molar-refractivity contribution in [3.63, 3.8) is 0 Å². The van der Waals surface area contributed by atoms with Gasteiger partial charge in [0.05, 0.1) is 18.1 Å². The topological polar surface area (TPSA) is 84.3 Å². The number of fused-ring (bicyclic) bond motifs is 1. The molecule has 0 aliphatic carbocycles. The van der Waals surface area contributed by atoms with Crippen LogP contribution in [-0.2, 0) is 0 Å². The van der Waals surface area contributed by atoms with E-state index in [0.29, 0.717) is 15.8 Å². The van der Waals surface area contributed by atoms with Crippen molar-refractivity contribution in [2.24, 2.45) is 0 Å². The van der Waals surface area contributed by atoms with E-state index in [2.05, 4.69) is 4.98 Å². The number of hydrogen-bond donors (Lipinski definition) is 2. The number of ether oxygens (including phenoxy) is 1. The van der Waals surface area contributed by atoms with Crippen molar-refractivity contribution < 1.29 is 14.6 Å². The third kappa shape index (κ3) is 1.35. The van der Waals surface area contributed by atoms with Gasteiger partial charge in [0.15, 0.2) is 0 Å². The second-order valence-corrected chi connectivity index (χ2v) is 2.93. The summed E-state index contributed by atoms with van der Waals surface area (Å²) in [5.74, 6) is 0.497. The molecule has 6 nitrogen and oxygen atoms in total. The number of carboxylic acid groups (broad SMARTS) is 1. The van der Waals surface area contributed by atoms with E-state index >= 15 is 0 Å². The Balaban J connectivity index is 2.83. The van der Waals surface area contributed by atoms with Gasteiger partial charge in [-0.1, -0.05) is 0 Å². The zero-order valence-electron chi connectivity index (χ0n) is 7.85. The highest BCUT2D eigenvalue weighted by Crippen LogP contribution is 2.17. The Morgan fingerprint density at radius 2 is 2.27 bits per heavy atom. The second kappa shape index (κ2) is 3.16. The monoisotopic (exact) mass is 208 g/mol. The lowest BCUT2D eigenvalue weighted by Gasteiger charge is -1.99. The summed E-state index contributed by atoms with van der Waals surface area (Å²) in [5.41, 5.74) is 0.0702. The van der Waals surface area contributed by atoms with Crippen LogP contribution >= 0.6 is 0 Å². The molecule has 6 heteroatoms. The molecule has 1 aromatic heterocycles. The minimum atomic E-state index is -1.32. The van der Waals surface area contributed by atoms with Gasteiger partial charge in [0, 0.05) is 6.07 Å². The maximum atomic E-state index is 11.3. The van der Waals surface area contributed by atoms with Crippen molar-refractivity contribution in [3.05, 3.63) is 28.7 Å². The maximum Gasteiger partial charge on any atom is 0.420 e. The third-order valence-electron chi connectivity index (χ3n) is 2.08. The third-order valence-corrected chi connectivity index (χ3v) is 2.08. The van der Waals surface area contributed by atoms with Crippen LogP contribution in [0.2, 0.25) is 0 Å². The smallest absolute Gasteiger partial charge is 0.420 e. The number of aromatic nitrogens is 2. The first-order valence-electron chi connectivity index (χ1n) is 4.15. The normalized spacial score (nSPS) is 10.5. The Morgan fingerprint density at radius 1 is 1.53 bits per heavy atom. The van der Waals surface area contributed by atoms with E-state index in [-0.39, 0.29) is 5.52 Å².